The van der Waals surface area contributed by atoms with Crippen molar-refractivity contribution in [3.63, 3.8) is 0 Å². The molecule has 0 unspecified atom stereocenters. The molecule has 0 aromatic heterocycles. The Balaban J connectivity index is 1.80. The fourth-order valence-corrected chi connectivity index (χ4v) is 3.80. The summed E-state index contributed by atoms with van der Waals surface area (Å²) >= 11 is 0. The summed E-state index contributed by atoms with van der Waals surface area (Å²) in [6.07, 6.45) is 2.24. The number of rotatable bonds is 3. The van der Waals surface area contributed by atoms with Gasteiger partial charge in [-0.15, -0.1) is 0 Å². The number of carbonyl (C=O) groups excluding carboxylic acids is 1. The lowest BCUT2D eigenvalue weighted by Gasteiger charge is -2.39. The average Bonchev–Trinajstić information content (AvgIpc) is 2.76. The van der Waals surface area contributed by atoms with Gasteiger partial charge in [-0.3, -0.25) is 9.69 Å². The molecule has 0 saturated carbocycles. The van der Waals surface area contributed by atoms with E-state index < -0.39 is 0 Å². The highest BCUT2D eigenvalue weighted by atomic mass is 16.1. The zero-order valence-corrected chi connectivity index (χ0v) is 12.1. The van der Waals surface area contributed by atoms with Gasteiger partial charge in [-0.05, 0) is 44.5 Å². The normalized spacial score (nSPS) is 21.1. The molecule has 1 aromatic carbocycles. The van der Waals surface area contributed by atoms with E-state index in [-0.39, 0.29) is 11.3 Å². The fourth-order valence-electron chi connectivity index (χ4n) is 3.80. The van der Waals surface area contributed by atoms with Crippen molar-refractivity contribution in [2.45, 2.75) is 25.2 Å². The van der Waals surface area contributed by atoms with Crippen LogP contribution in [0.2, 0.25) is 0 Å². The van der Waals surface area contributed by atoms with Crippen molar-refractivity contribution in [3.05, 3.63) is 29.8 Å². The number of benzene rings is 1. The smallest absolute Gasteiger partial charge is 0.231 e. The molecule has 0 atom stereocenters. The van der Waals surface area contributed by atoms with E-state index in [2.05, 4.69) is 41.0 Å². The first-order valence-corrected chi connectivity index (χ1v) is 7.50. The van der Waals surface area contributed by atoms with Crippen LogP contribution < -0.4 is 10.6 Å². The highest BCUT2D eigenvalue weighted by Gasteiger charge is 2.43. The van der Waals surface area contributed by atoms with Crippen molar-refractivity contribution < 1.29 is 4.79 Å². The lowest BCUT2D eigenvalue weighted by Crippen LogP contribution is -2.47. The second kappa shape index (κ2) is 5.09. The standard InChI is InChI=1S/C16H23N3O/c1-2-19-12-16(13-5-3-4-6-14(13)19)7-9-18(10-8-16)11-15(17)20/h3-6H,2,7-12H2,1H3,(H2,17,20). The Morgan fingerprint density at radius 2 is 2.00 bits per heavy atom. The minimum atomic E-state index is -0.219. The number of likely N-dealkylation sites (tertiary alicyclic amines) is 1. The van der Waals surface area contributed by atoms with Crippen molar-refractivity contribution in [1.82, 2.24) is 4.90 Å². The molecule has 4 heteroatoms. The van der Waals surface area contributed by atoms with Crippen molar-refractivity contribution in [2.75, 3.05) is 37.6 Å². The largest absolute Gasteiger partial charge is 0.371 e. The van der Waals surface area contributed by atoms with Gasteiger partial charge < -0.3 is 10.6 Å². The summed E-state index contributed by atoms with van der Waals surface area (Å²) in [4.78, 5) is 15.7. The van der Waals surface area contributed by atoms with E-state index in [0.717, 1.165) is 39.0 Å². The van der Waals surface area contributed by atoms with Crippen LogP contribution >= 0.6 is 0 Å². The van der Waals surface area contributed by atoms with Crippen molar-refractivity contribution >= 4 is 11.6 Å². The molecule has 1 aromatic rings. The van der Waals surface area contributed by atoms with Gasteiger partial charge >= 0.3 is 0 Å². The second-order valence-corrected chi connectivity index (χ2v) is 6.05. The Morgan fingerprint density at radius 1 is 1.30 bits per heavy atom. The number of para-hydroxylation sites is 1. The van der Waals surface area contributed by atoms with E-state index in [1.165, 1.54) is 11.3 Å². The van der Waals surface area contributed by atoms with E-state index in [4.69, 9.17) is 5.73 Å². The van der Waals surface area contributed by atoms with E-state index in [9.17, 15) is 4.79 Å². The maximum absolute atomic E-state index is 11.0. The molecular weight excluding hydrogens is 250 g/mol. The maximum Gasteiger partial charge on any atom is 0.231 e. The fraction of sp³-hybridized carbons (Fsp3) is 0.562. The number of hydrogen-bond acceptors (Lipinski definition) is 3. The number of likely N-dealkylation sites (N-methyl/N-ethyl adjacent to an activating group) is 1. The lowest BCUT2D eigenvalue weighted by molar-refractivity contribution is -0.119. The monoisotopic (exact) mass is 273 g/mol. The predicted octanol–water partition coefficient (Wildman–Crippen LogP) is 1.35. The van der Waals surface area contributed by atoms with Gasteiger partial charge in [-0.25, -0.2) is 0 Å². The molecule has 3 rings (SSSR count). The van der Waals surface area contributed by atoms with E-state index in [1.54, 1.807) is 0 Å². The lowest BCUT2D eigenvalue weighted by atomic mass is 9.74. The Labute approximate surface area is 120 Å². The number of carbonyl (C=O) groups is 1. The van der Waals surface area contributed by atoms with Crippen LogP contribution in [0.25, 0.3) is 0 Å². The molecule has 20 heavy (non-hydrogen) atoms. The van der Waals surface area contributed by atoms with Gasteiger partial charge in [0, 0.05) is 24.2 Å². The molecule has 2 heterocycles. The van der Waals surface area contributed by atoms with E-state index in [1.807, 2.05) is 0 Å². The van der Waals surface area contributed by atoms with E-state index >= 15 is 0 Å². The van der Waals surface area contributed by atoms with E-state index in [0.29, 0.717) is 6.54 Å². The van der Waals surface area contributed by atoms with Gasteiger partial charge in [-0.2, -0.15) is 0 Å². The summed E-state index contributed by atoms with van der Waals surface area (Å²) in [5, 5.41) is 0. The molecule has 108 valence electrons. The SMILES string of the molecule is CCN1CC2(CCN(CC(N)=O)CC2)c2ccccc21. The van der Waals surface area contributed by atoms with Crippen molar-refractivity contribution in [1.29, 1.82) is 0 Å². The summed E-state index contributed by atoms with van der Waals surface area (Å²) < 4.78 is 0. The zero-order chi connectivity index (χ0) is 14.2. The molecule has 2 aliphatic rings. The van der Waals surface area contributed by atoms with Gasteiger partial charge in [0.2, 0.25) is 5.91 Å². The van der Waals surface area contributed by atoms with Crippen LogP contribution in [0.5, 0.6) is 0 Å². The van der Waals surface area contributed by atoms with Crippen LogP contribution in [0, 0.1) is 0 Å². The second-order valence-electron chi connectivity index (χ2n) is 6.05. The number of anilines is 1. The van der Waals surface area contributed by atoms with Gasteiger partial charge in [0.05, 0.1) is 6.54 Å². The Bertz CT molecular complexity index is 506. The highest BCUT2D eigenvalue weighted by molar-refractivity contribution is 5.76. The third kappa shape index (κ3) is 2.18. The summed E-state index contributed by atoms with van der Waals surface area (Å²) in [6.45, 7) is 6.73. The third-order valence-corrected chi connectivity index (χ3v) is 4.88. The van der Waals surface area contributed by atoms with Crippen molar-refractivity contribution in [3.8, 4) is 0 Å². The molecule has 1 fully saturated rings. The van der Waals surface area contributed by atoms with Gasteiger partial charge in [0.25, 0.3) is 0 Å². The Hall–Kier alpha value is -1.55. The molecule has 0 bridgehead atoms. The minimum Gasteiger partial charge on any atom is -0.371 e. The Kier molecular flexibility index (Phi) is 3.42. The first-order valence-electron chi connectivity index (χ1n) is 7.50. The van der Waals surface area contributed by atoms with Crippen molar-refractivity contribution in [2.24, 2.45) is 5.73 Å². The number of nitrogens with zero attached hydrogens (tertiary/aromatic N) is 2. The van der Waals surface area contributed by atoms with Gasteiger partial charge in [-0.1, -0.05) is 18.2 Å². The van der Waals surface area contributed by atoms with Gasteiger partial charge in [0.1, 0.15) is 0 Å². The van der Waals surface area contributed by atoms with Crippen LogP contribution in [-0.4, -0.2) is 43.5 Å². The van der Waals surface area contributed by atoms with Crippen LogP contribution in [0.15, 0.2) is 24.3 Å². The minimum absolute atomic E-state index is 0.219. The summed E-state index contributed by atoms with van der Waals surface area (Å²) in [7, 11) is 0. The van der Waals surface area contributed by atoms with Crippen LogP contribution in [0.3, 0.4) is 0 Å². The number of nitrogens with two attached hydrogens (primary N) is 1. The molecule has 2 N–H and O–H groups in total. The molecule has 0 aliphatic carbocycles. The number of primary amides is 1. The number of piperidine rings is 1. The topological polar surface area (TPSA) is 49.6 Å². The maximum atomic E-state index is 11.0. The molecule has 1 amide bonds. The molecule has 1 spiro atoms. The first kappa shape index (κ1) is 13.4. The average molecular weight is 273 g/mol. The Morgan fingerprint density at radius 3 is 2.65 bits per heavy atom. The quantitative estimate of drug-likeness (QED) is 0.904. The number of amides is 1. The third-order valence-electron chi connectivity index (χ3n) is 4.88. The summed E-state index contributed by atoms with van der Waals surface area (Å²) in [5.74, 6) is -0.219. The van der Waals surface area contributed by atoms with Gasteiger partial charge in [0.15, 0.2) is 0 Å². The first-order chi connectivity index (χ1) is 9.64. The number of hydrogen-bond donors (Lipinski definition) is 1. The molecular formula is C16H23N3O. The van der Waals surface area contributed by atoms with Crippen LogP contribution in [-0.2, 0) is 10.2 Å². The van der Waals surface area contributed by atoms with Crippen LogP contribution in [0.4, 0.5) is 5.69 Å². The zero-order valence-electron chi connectivity index (χ0n) is 12.1. The predicted molar refractivity (Wildman–Crippen MR) is 80.9 cm³/mol. The number of fused-ring (bicyclic) bond motifs is 2. The molecule has 0 radical (unpaired) electrons. The highest BCUT2D eigenvalue weighted by Crippen LogP contribution is 2.46. The molecule has 4 nitrogen and oxygen atoms in total. The molecule has 2 aliphatic heterocycles. The molecule has 1 saturated heterocycles. The summed E-state index contributed by atoms with van der Waals surface area (Å²) in [6, 6.07) is 8.80. The van der Waals surface area contributed by atoms with Crippen LogP contribution in [0.1, 0.15) is 25.3 Å². The summed E-state index contributed by atoms with van der Waals surface area (Å²) in [5.41, 5.74) is 8.48.